The van der Waals surface area contributed by atoms with E-state index in [0.29, 0.717) is 11.8 Å². The van der Waals surface area contributed by atoms with Crippen LogP contribution in [0.4, 0.5) is 0 Å². The number of allylic oxidation sites excluding steroid dienone is 2. The lowest BCUT2D eigenvalue weighted by atomic mass is 9.78. The van der Waals surface area contributed by atoms with Crippen molar-refractivity contribution in [3.8, 4) is 0 Å². The third-order valence-electron chi connectivity index (χ3n) is 4.27. The van der Waals surface area contributed by atoms with E-state index in [-0.39, 0.29) is 6.10 Å². The Kier molecular flexibility index (Phi) is 1.40. The molecule has 0 amide bonds. The first-order valence-corrected chi connectivity index (χ1v) is 5.19. The normalized spacial score (nSPS) is 55.9. The Labute approximate surface area is 73.5 Å². The number of fused-ring (bicyclic) bond motifs is 1. The molecule has 3 aliphatic carbocycles. The van der Waals surface area contributed by atoms with E-state index in [2.05, 4.69) is 12.2 Å². The van der Waals surface area contributed by atoms with E-state index in [0.717, 1.165) is 18.3 Å². The average molecular weight is 164 g/mol. The van der Waals surface area contributed by atoms with Gasteiger partial charge < -0.3 is 5.11 Å². The lowest BCUT2D eigenvalue weighted by Crippen LogP contribution is -2.30. The van der Waals surface area contributed by atoms with E-state index < -0.39 is 0 Å². The van der Waals surface area contributed by atoms with Crippen molar-refractivity contribution in [1.82, 2.24) is 0 Å². The summed E-state index contributed by atoms with van der Waals surface area (Å²) in [6.07, 6.45) is 9.69. The molecule has 12 heavy (non-hydrogen) atoms. The summed E-state index contributed by atoms with van der Waals surface area (Å²) in [5.74, 6) is 3.06. The molecule has 1 nitrogen and oxygen atoms in total. The molecule has 0 saturated heterocycles. The predicted octanol–water partition coefficient (Wildman–Crippen LogP) is 1.97. The zero-order chi connectivity index (χ0) is 8.13. The molecule has 1 N–H and O–H groups in total. The lowest BCUT2D eigenvalue weighted by Gasteiger charge is -2.30. The van der Waals surface area contributed by atoms with Crippen molar-refractivity contribution in [3.05, 3.63) is 12.2 Å². The van der Waals surface area contributed by atoms with Crippen LogP contribution in [0, 0.1) is 23.7 Å². The molecule has 0 aliphatic heterocycles. The minimum Gasteiger partial charge on any atom is -0.393 e. The maximum absolute atomic E-state index is 9.92. The van der Waals surface area contributed by atoms with Crippen LogP contribution in [-0.4, -0.2) is 11.2 Å². The summed E-state index contributed by atoms with van der Waals surface area (Å²) in [6, 6.07) is 0. The summed E-state index contributed by atoms with van der Waals surface area (Å²) in [5.41, 5.74) is 0. The molecule has 66 valence electrons. The van der Waals surface area contributed by atoms with Gasteiger partial charge in [-0.2, -0.15) is 0 Å². The highest BCUT2D eigenvalue weighted by molar-refractivity contribution is 5.07. The Balaban J connectivity index is 1.94. The van der Waals surface area contributed by atoms with E-state index in [1.807, 2.05) is 0 Å². The van der Waals surface area contributed by atoms with Gasteiger partial charge in [0, 0.05) is 0 Å². The highest BCUT2D eigenvalue weighted by Crippen LogP contribution is 2.55. The van der Waals surface area contributed by atoms with Crippen molar-refractivity contribution < 1.29 is 5.11 Å². The Morgan fingerprint density at radius 1 is 0.917 bits per heavy atom. The van der Waals surface area contributed by atoms with Gasteiger partial charge in [-0.15, -0.1) is 0 Å². The number of aliphatic hydroxyl groups excluding tert-OH is 1. The van der Waals surface area contributed by atoms with E-state index in [1.54, 1.807) is 0 Å². The Morgan fingerprint density at radius 3 is 2.58 bits per heavy atom. The second-order valence-corrected chi connectivity index (χ2v) is 4.75. The summed E-state index contributed by atoms with van der Waals surface area (Å²) in [4.78, 5) is 0. The van der Waals surface area contributed by atoms with Gasteiger partial charge in [-0.1, -0.05) is 12.2 Å². The summed E-state index contributed by atoms with van der Waals surface area (Å²) < 4.78 is 0. The largest absolute Gasteiger partial charge is 0.393 e. The maximum Gasteiger partial charge on any atom is 0.0602 e. The fourth-order valence-corrected chi connectivity index (χ4v) is 3.72. The molecule has 0 radical (unpaired) electrons. The minimum absolute atomic E-state index is 0.0361. The molecule has 2 bridgehead atoms. The second kappa shape index (κ2) is 2.35. The van der Waals surface area contributed by atoms with Crippen LogP contribution in [0.1, 0.15) is 25.7 Å². The van der Waals surface area contributed by atoms with Crippen LogP contribution in [0.25, 0.3) is 0 Å². The first kappa shape index (κ1) is 7.14. The molecular formula is C11H16O. The van der Waals surface area contributed by atoms with Gasteiger partial charge in [0.15, 0.2) is 0 Å². The van der Waals surface area contributed by atoms with E-state index in [1.165, 1.54) is 19.3 Å². The van der Waals surface area contributed by atoms with Gasteiger partial charge in [0.1, 0.15) is 0 Å². The zero-order valence-electron chi connectivity index (χ0n) is 7.32. The molecule has 1 heteroatoms. The lowest BCUT2D eigenvalue weighted by molar-refractivity contribution is 0.0420. The summed E-state index contributed by atoms with van der Waals surface area (Å²) in [5, 5.41) is 9.92. The molecule has 5 unspecified atom stereocenters. The van der Waals surface area contributed by atoms with Crippen LogP contribution in [0.2, 0.25) is 0 Å². The number of hydrogen-bond donors (Lipinski definition) is 1. The molecule has 0 aromatic rings. The van der Waals surface area contributed by atoms with Gasteiger partial charge in [-0.25, -0.2) is 0 Å². The Morgan fingerprint density at radius 2 is 1.75 bits per heavy atom. The Hall–Kier alpha value is -0.300. The SMILES string of the molecule is OC1C2CC3CC=CCC1C3C2. The average Bonchev–Trinajstić information content (AvgIpc) is 2.55. The topological polar surface area (TPSA) is 20.2 Å². The van der Waals surface area contributed by atoms with Gasteiger partial charge in [0.05, 0.1) is 6.10 Å². The third-order valence-corrected chi connectivity index (χ3v) is 4.27. The quantitative estimate of drug-likeness (QED) is 0.543. The van der Waals surface area contributed by atoms with E-state index in [4.69, 9.17) is 0 Å². The van der Waals surface area contributed by atoms with Crippen molar-refractivity contribution >= 4 is 0 Å². The van der Waals surface area contributed by atoms with Crippen LogP contribution in [0.5, 0.6) is 0 Å². The van der Waals surface area contributed by atoms with Crippen molar-refractivity contribution in [3.63, 3.8) is 0 Å². The fraction of sp³-hybridized carbons (Fsp3) is 0.818. The van der Waals surface area contributed by atoms with Gasteiger partial charge in [0.2, 0.25) is 0 Å². The number of rotatable bonds is 0. The first-order chi connectivity index (χ1) is 5.86. The smallest absolute Gasteiger partial charge is 0.0602 e. The van der Waals surface area contributed by atoms with Gasteiger partial charge >= 0.3 is 0 Å². The number of hydrogen-bond acceptors (Lipinski definition) is 1. The van der Waals surface area contributed by atoms with Crippen molar-refractivity contribution in [2.75, 3.05) is 0 Å². The fourth-order valence-electron chi connectivity index (χ4n) is 3.72. The summed E-state index contributed by atoms with van der Waals surface area (Å²) in [7, 11) is 0. The van der Waals surface area contributed by atoms with Gasteiger partial charge in [0.25, 0.3) is 0 Å². The van der Waals surface area contributed by atoms with Crippen LogP contribution < -0.4 is 0 Å². The minimum atomic E-state index is 0.0361. The van der Waals surface area contributed by atoms with Crippen molar-refractivity contribution in [2.45, 2.75) is 31.8 Å². The molecule has 3 aliphatic rings. The van der Waals surface area contributed by atoms with Crippen molar-refractivity contribution in [1.29, 1.82) is 0 Å². The third kappa shape index (κ3) is 0.779. The molecule has 2 saturated carbocycles. The molecule has 0 aromatic heterocycles. The molecule has 3 rings (SSSR count). The highest BCUT2D eigenvalue weighted by Gasteiger charge is 2.51. The van der Waals surface area contributed by atoms with E-state index in [9.17, 15) is 5.11 Å². The van der Waals surface area contributed by atoms with Crippen LogP contribution in [-0.2, 0) is 0 Å². The van der Waals surface area contributed by atoms with E-state index >= 15 is 0 Å². The van der Waals surface area contributed by atoms with Gasteiger partial charge in [-0.3, -0.25) is 0 Å². The second-order valence-electron chi connectivity index (χ2n) is 4.75. The highest BCUT2D eigenvalue weighted by atomic mass is 16.3. The first-order valence-electron chi connectivity index (χ1n) is 5.19. The van der Waals surface area contributed by atoms with Gasteiger partial charge in [-0.05, 0) is 49.4 Å². The molecule has 2 fully saturated rings. The zero-order valence-corrected chi connectivity index (χ0v) is 7.32. The molecule has 0 spiro atoms. The standard InChI is InChI=1S/C11H16O/c12-11-8-5-7-3-1-2-4-9(11)10(7)6-8/h1-2,7-12H,3-6H2. The maximum atomic E-state index is 9.92. The van der Waals surface area contributed by atoms with Crippen LogP contribution in [0.15, 0.2) is 12.2 Å². The monoisotopic (exact) mass is 164 g/mol. The predicted molar refractivity (Wildman–Crippen MR) is 47.6 cm³/mol. The van der Waals surface area contributed by atoms with Crippen LogP contribution in [0.3, 0.4) is 0 Å². The van der Waals surface area contributed by atoms with Crippen molar-refractivity contribution in [2.24, 2.45) is 23.7 Å². The molecule has 0 aromatic carbocycles. The number of aliphatic hydroxyl groups is 1. The Bertz CT molecular complexity index is 221. The summed E-state index contributed by atoms with van der Waals surface area (Å²) >= 11 is 0. The van der Waals surface area contributed by atoms with Crippen LogP contribution >= 0.6 is 0 Å². The summed E-state index contributed by atoms with van der Waals surface area (Å²) in [6.45, 7) is 0. The molecule has 0 heterocycles. The molecule has 5 atom stereocenters. The molecular weight excluding hydrogens is 148 g/mol.